The highest BCUT2D eigenvalue weighted by Crippen LogP contribution is 2.26. The maximum Gasteiger partial charge on any atom is 0.150 e. The first kappa shape index (κ1) is 12.7. The third kappa shape index (κ3) is 2.82. The van der Waals surface area contributed by atoms with E-state index in [1.54, 1.807) is 12.1 Å². The van der Waals surface area contributed by atoms with Crippen molar-refractivity contribution in [2.45, 2.75) is 12.8 Å². The number of hydrogen-bond acceptors (Lipinski definition) is 3. The highest BCUT2D eigenvalue weighted by atomic mass is 16.5. The standard InChI is InChI=1S/C17H16O3/c18-12-14-1-4-16(5-2-14)19-9-7-13-3-6-17-15(11-13)8-10-20-17/h1-6,11-12H,7-10H2. The van der Waals surface area contributed by atoms with Crippen molar-refractivity contribution >= 4 is 6.29 Å². The van der Waals surface area contributed by atoms with Gasteiger partial charge in [0.25, 0.3) is 0 Å². The molecule has 0 unspecified atom stereocenters. The van der Waals surface area contributed by atoms with E-state index in [9.17, 15) is 4.79 Å². The Balaban J connectivity index is 1.55. The van der Waals surface area contributed by atoms with E-state index in [2.05, 4.69) is 12.1 Å². The minimum absolute atomic E-state index is 0.625. The van der Waals surface area contributed by atoms with Gasteiger partial charge in [0, 0.05) is 18.4 Å². The summed E-state index contributed by atoms with van der Waals surface area (Å²) in [5.41, 5.74) is 3.22. The summed E-state index contributed by atoms with van der Waals surface area (Å²) in [6.07, 6.45) is 2.69. The Kier molecular flexibility index (Phi) is 3.68. The fourth-order valence-electron chi connectivity index (χ4n) is 2.32. The van der Waals surface area contributed by atoms with Crippen LogP contribution in [0.4, 0.5) is 0 Å². The highest BCUT2D eigenvalue weighted by molar-refractivity contribution is 5.74. The van der Waals surface area contributed by atoms with Crippen LogP contribution in [0.2, 0.25) is 0 Å². The molecule has 0 aromatic heterocycles. The summed E-state index contributed by atoms with van der Waals surface area (Å²) >= 11 is 0. The van der Waals surface area contributed by atoms with Crippen molar-refractivity contribution < 1.29 is 14.3 Å². The monoisotopic (exact) mass is 268 g/mol. The second-order valence-electron chi connectivity index (χ2n) is 4.83. The van der Waals surface area contributed by atoms with Crippen LogP contribution in [0.3, 0.4) is 0 Å². The van der Waals surface area contributed by atoms with E-state index in [0.29, 0.717) is 12.2 Å². The number of ether oxygens (including phenoxy) is 2. The lowest BCUT2D eigenvalue weighted by Crippen LogP contribution is -2.01. The first-order valence-electron chi connectivity index (χ1n) is 6.78. The molecule has 1 aliphatic heterocycles. The van der Waals surface area contributed by atoms with Gasteiger partial charge in [0.05, 0.1) is 13.2 Å². The lowest BCUT2D eigenvalue weighted by atomic mass is 10.1. The molecule has 0 spiro atoms. The Morgan fingerprint density at radius 3 is 2.80 bits per heavy atom. The minimum atomic E-state index is 0.625. The van der Waals surface area contributed by atoms with E-state index in [4.69, 9.17) is 9.47 Å². The smallest absolute Gasteiger partial charge is 0.150 e. The summed E-state index contributed by atoms with van der Waals surface area (Å²) in [5.74, 6) is 1.80. The average Bonchev–Trinajstić information content (AvgIpc) is 2.95. The van der Waals surface area contributed by atoms with E-state index < -0.39 is 0 Å². The summed E-state index contributed by atoms with van der Waals surface area (Å²) in [4.78, 5) is 10.6. The van der Waals surface area contributed by atoms with Gasteiger partial charge in [0.2, 0.25) is 0 Å². The summed E-state index contributed by atoms with van der Waals surface area (Å²) in [6, 6.07) is 13.5. The third-order valence-electron chi connectivity index (χ3n) is 3.43. The van der Waals surface area contributed by atoms with Gasteiger partial charge in [-0.3, -0.25) is 4.79 Å². The summed E-state index contributed by atoms with van der Waals surface area (Å²) in [5, 5.41) is 0. The quantitative estimate of drug-likeness (QED) is 0.782. The molecule has 3 heteroatoms. The predicted octanol–water partition coefficient (Wildman–Crippen LogP) is 3.06. The van der Waals surface area contributed by atoms with Gasteiger partial charge in [-0.2, -0.15) is 0 Å². The van der Waals surface area contributed by atoms with Crippen molar-refractivity contribution in [3.05, 3.63) is 59.2 Å². The lowest BCUT2D eigenvalue weighted by molar-refractivity contribution is 0.112. The Morgan fingerprint density at radius 1 is 1.15 bits per heavy atom. The fourth-order valence-corrected chi connectivity index (χ4v) is 2.32. The fraction of sp³-hybridized carbons (Fsp3) is 0.235. The molecule has 1 aliphatic rings. The molecule has 0 N–H and O–H groups in total. The molecule has 2 aromatic rings. The van der Waals surface area contributed by atoms with E-state index in [1.165, 1.54) is 11.1 Å². The molecule has 0 radical (unpaired) electrons. The molecule has 1 heterocycles. The molecular formula is C17H16O3. The molecule has 3 rings (SSSR count). The second-order valence-corrected chi connectivity index (χ2v) is 4.83. The van der Waals surface area contributed by atoms with Gasteiger partial charge in [-0.25, -0.2) is 0 Å². The molecule has 0 bridgehead atoms. The lowest BCUT2D eigenvalue weighted by Gasteiger charge is -2.07. The largest absolute Gasteiger partial charge is 0.493 e. The van der Waals surface area contributed by atoms with Crippen LogP contribution < -0.4 is 9.47 Å². The molecular weight excluding hydrogens is 252 g/mol. The number of fused-ring (bicyclic) bond motifs is 1. The van der Waals surface area contributed by atoms with Gasteiger partial charge < -0.3 is 9.47 Å². The van der Waals surface area contributed by atoms with E-state index in [-0.39, 0.29) is 0 Å². The van der Waals surface area contributed by atoms with Crippen LogP contribution in [0, 0.1) is 0 Å². The maximum absolute atomic E-state index is 10.6. The van der Waals surface area contributed by atoms with Crippen LogP contribution in [0.25, 0.3) is 0 Å². The van der Waals surface area contributed by atoms with E-state index in [0.717, 1.165) is 37.2 Å². The van der Waals surface area contributed by atoms with Gasteiger partial charge in [-0.15, -0.1) is 0 Å². The molecule has 3 nitrogen and oxygen atoms in total. The topological polar surface area (TPSA) is 35.5 Å². The number of carbonyl (C=O) groups excluding carboxylic acids is 1. The number of hydrogen-bond donors (Lipinski definition) is 0. The summed E-state index contributed by atoms with van der Waals surface area (Å²) < 4.78 is 11.2. The maximum atomic E-state index is 10.6. The summed E-state index contributed by atoms with van der Waals surface area (Å²) in [7, 11) is 0. The van der Waals surface area contributed by atoms with Gasteiger partial charge in [0.1, 0.15) is 17.8 Å². The summed E-state index contributed by atoms with van der Waals surface area (Å²) in [6.45, 7) is 1.42. The molecule has 0 saturated heterocycles. The van der Waals surface area contributed by atoms with Crippen molar-refractivity contribution in [2.24, 2.45) is 0 Å². The molecule has 0 atom stereocenters. The first-order valence-corrected chi connectivity index (χ1v) is 6.78. The minimum Gasteiger partial charge on any atom is -0.493 e. The van der Waals surface area contributed by atoms with E-state index in [1.807, 2.05) is 18.2 Å². The van der Waals surface area contributed by atoms with Crippen molar-refractivity contribution in [3.63, 3.8) is 0 Å². The van der Waals surface area contributed by atoms with Gasteiger partial charge >= 0.3 is 0 Å². The van der Waals surface area contributed by atoms with Crippen molar-refractivity contribution in [3.8, 4) is 11.5 Å². The zero-order valence-corrected chi connectivity index (χ0v) is 11.2. The molecule has 20 heavy (non-hydrogen) atoms. The normalized spacial score (nSPS) is 12.6. The molecule has 0 aliphatic carbocycles. The third-order valence-corrected chi connectivity index (χ3v) is 3.43. The molecule has 102 valence electrons. The molecule has 2 aromatic carbocycles. The second kappa shape index (κ2) is 5.78. The van der Waals surface area contributed by atoms with Gasteiger partial charge in [-0.05, 0) is 41.5 Å². The van der Waals surface area contributed by atoms with Crippen LogP contribution in [0.5, 0.6) is 11.5 Å². The van der Waals surface area contributed by atoms with E-state index >= 15 is 0 Å². The van der Waals surface area contributed by atoms with Gasteiger partial charge in [0.15, 0.2) is 0 Å². The van der Waals surface area contributed by atoms with Crippen LogP contribution in [-0.4, -0.2) is 19.5 Å². The molecule has 0 saturated carbocycles. The molecule has 0 fully saturated rings. The van der Waals surface area contributed by atoms with Crippen LogP contribution in [0.15, 0.2) is 42.5 Å². The Bertz CT molecular complexity index is 602. The van der Waals surface area contributed by atoms with Gasteiger partial charge in [-0.1, -0.05) is 12.1 Å². The zero-order valence-electron chi connectivity index (χ0n) is 11.2. The number of benzene rings is 2. The van der Waals surface area contributed by atoms with Crippen LogP contribution >= 0.6 is 0 Å². The van der Waals surface area contributed by atoms with Crippen molar-refractivity contribution in [1.82, 2.24) is 0 Å². The predicted molar refractivity (Wildman–Crippen MR) is 76.7 cm³/mol. The Hall–Kier alpha value is -2.29. The van der Waals surface area contributed by atoms with Crippen LogP contribution in [-0.2, 0) is 12.8 Å². The average molecular weight is 268 g/mol. The first-order chi connectivity index (χ1) is 9.85. The zero-order chi connectivity index (χ0) is 13.8. The number of carbonyl (C=O) groups is 1. The Morgan fingerprint density at radius 2 is 2.00 bits per heavy atom. The number of aldehydes is 1. The van der Waals surface area contributed by atoms with Crippen molar-refractivity contribution in [1.29, 1.82) is 0 Å². The van der Waals surface area contributed by atoms with Crippen molar-refractivity contribution in [2.75, 3.05) is 13.2 Å². The SMILES string of the molecule is O=Cc1ccc(OCCc2ccc3c(c2)CCO3)cc1. The van der Waals surface area contributed by atoms with Crippen LogP contribution in [0.1, 0.15) is 21.5 Å². The molecule has 0 amide bonds. The number of rotatable bonds is 5. The highest BCUT2D eigenvalue weighted by Gasteiger charge is 2.11. The Labute approximate surface area is 118 Å².